The number of rotatable bonds is 3. The van der Waals surface area contributed by atoms with Gasteiger partial charge in [-0.1, -0.05) is 35.3 Å². The van der Waals surface area contributed by atoms with Gasteiger partial charge in [-0.3, -0.25) is 9.79 Å². The van der Waals surface area contributed by atoms with Crippen LogP contribution in [-0.2, 0) is 0 Å². The van der Waals surface area contributed by atoms with E-state index in [4.69, 9.17) is 34.7 Å². The fourth-order valence-corrected chi connectivity index (χ4v) is 3.09. The maximum absolute atomic E-state index is 12.7. The predicted octanol–water partition coefficient (Wildman–Crippen LogP) is 3.11. The largest absolute Gasteiger partial charge is 0.396 e. The van der Waals surface area contributed by atoms with Crippen molar-refractivity contribution >= 4 is 46.2 Å². The van der Waals surface area contributed by atoms with E-state index in [-0.39, 0.29) is 5.91 Å². The number of anilines is 1. The average Bonchev–Trinajstić information content (AvgIpc) is 2.70. The molecular formula is C17H16Cl2N4O. The molecule has 24 heavy (non-hydrogen) atoms. The molecule has 5 nitrogen and oxygen atoms in total. The lowest BCUT2D eigenvalue weighted by Crippen LogP contribution is -2.38. The number of nitrogens with two attached hydrogens (primary N) is 2. The van der Waals surface area contributed by atoms with Crippen LogP contribution in [0.2, 0.25) is 10.0 Å². The summed E-state index contributed by atoms with van der Waals surface area (Å²) in [6.07, 6.45) is 0. The van der Waals surface area contributed by atoms with Gasteiger partial charge >= 0.3 is 0 Å². The number of benzene rings is 2. The molecule has 0 radical (unpaired) electrons. The summed E-state index contributed by atoms with van der Waals surface area (Å²) in [6, 6.07) is 10.6. The molecule has 0 bridgehead atoms. The van der Waals surface area contributed by atoms with E-state index in [0.717, 1.165) is 5.56 Å². The Morgan fingerprint density at radius 3 is 2.50 bits per heavy atom. The molecule has 1 amide bonds. The van der Waals surface area contributed by atoms with Gasteiger partial charge in [-0.15, -0.1) is 0 Å². The number of halogens is 2. The first-order valence-electron chi connectivity index (χ1n) is 7.42. The zero-order valence-corrected chi connectivity index (χ0v) is 14.3. The lowest BCUT2D eigenvalue weighted by Gasteiger charge is -2.21. The summed E-state index contributed by atoms with van der Waals surface area (Å²) in [6.45, 7) is 1.12. The van der Waals surface area contributed by atoms with E-state index in [0.29, 0.717) is 52.3 Å². The number of carbonyl (C=O) groups excluding carboxylic acids is 1. The van der Waals surface area contributed by atoms with Gasteiger partial charge in [0.1, 0.15) is 0 Å². The van der Waals surface area contributed by atoms with Gasteiger partial charge < -0.3 is 16.4 Å². The summed E-state index contributed by atoms with van der Waals surface area (Å²) in [7, 11) is 0. The van der Waals surface area contributed by atoms with Gasteiger partial charge in [0.25, 0.3) is 5.91 Å². The molecule has 1 heterocycles. The highest BCUT2D eigenvalue weighted by atomic mass is 35.5. The maximum atomic E-state index is 12.7. The molecule has 0 unspecified atom stereocenters. The molecule has 4 N–H and O–H groups in total. The molecule has 2 aromatic rings. The van der Waals surface area contributed by atoms with E-state index < -0.39 is 0 Å². The third-order valence-corrected chi connectivity index (χ3v) is 4.45. The zero-order valence-electron chi connectivity index (χ0n) is 12.8. The topological polar surface area (TPSA) is 84.7 Å². The van der Waals surface area contributed by atoms with E-state index in [2.05, 4.69) is 4.99 Å². The van der Waals surface area contributed by atoms with Gasteiger partial charge in [0.2, 0.25) is 0 Å². The van der Waals surface area contributed by atoms with Gasteiger partial charge in [-0.05, 0) is 24.3 Å². The standard InChI is InChI=1S/C17H16Cl2N4O/c18-12-7-10(8-13(19)16(12)21)15-9-23(6-5-20)17(24)11-3-1-2-4-14(11)22-15/h1-4,7-8H,5-6,9,20-21H2. The van der Waals surface area contributed by atoms with Crippen molar-refractivity contribution in [2.24, 2.45) is 10.7 Å². The number of aliphatic imine (C=N–C) groups is 1. The van der Waals surface area contributed by atoms with E-state index in [1.54, 1.807) is 29.2 Å². The van der Waals surface area contributed by atoms with Crippen LogP contribution in [0.3, 0.4) is 0 Å². The first kappa shape index (κ1) is 16.8. The highest BCUT2D eigenvalue weighted by molar-refractivity contribution is 6.39. The molecule has 0 saturated carbocycles. The Kier molecular flexibility index (Phi) is 4.76. The third-order valence-electron chi connectivity index (χ3n) is 3.83. The summed E-state index contributed by atoms with van der Waals surface area (Å²) >= 11 is 12.3. The summed E-state index contributed by atoms with van der Waals surface area (Å²) in [4.78, 5) is 19.0. The molecule has 3 rings (SSSR count). The van der Waals surface area contributed by atoms with Crippen molar-refractivity contribution in [1.82, 2.24) is 4.90 Å². The van der Waals surface area contributed by atoms with Gasteiger partial charge in [0.05, 0.1) is 39.2 Å². The Morgan fingerprint density at radius 1 is 1.17 bits per heavy atom. The van der Waals surface area contributed by atoms with E-state index in [9.17, 15) is 4.79 Å². The lowest BCUT2D eigenvalue weighted by atomic mass is 10.1. The number of carbonyl (C=O) groups is 1. The van der Waals surface area contributed by atoms with Crippen molar-refractivity contribution in [3.05, 3.63) is 57.6 Å². The number of hydrogen-bond donors (Lipinski definition) is 2. The second-order valence-electron chi connectivity index (χ2n) is 5.44. The monoisotopic (exact) mass is 362 g/mol. The lowest BCUT2D eigenvalue weighted by molar-refractivity contribution is 0.0786. The van der Waals surface area contributed by atoms with Crippen molar-refractivity contribution < 1.29 is 4.79 Å². The predicted molar refractivity (Wildman–Crippen MR) is 98.5 cm³/mol. The van der Waals surface area contributed by atoms with Gasteiger partial charge in [-0.2, -0.15) is 0 Å². The second-order valence-corrected chi connectivity index (χ2v) is 6.26. The highest BCUT2D eigenvalue weighted by Gasteiger charge is 2.24. The molecule has 0 spiro atoms. The van der Waals surface area contributed by atoms with Crippen LogP contribution in [-0.4, -0.2) is 36.2 Å². The third kappa shape index (κ3) is 3.11. The Morgan fingerprint density at radius 2 is 1.83 bits per heavy atom. The van der Waals surface area contributed by atoms with Crippen molar-refractivity contribution in [2.75, 3.05) is 25.4 Å². The van der Waals surface area contributed by atoms with Gasteiger partial charge in [-0.25, -0.2) is 0 Å². The Balaban J connectivity index is 2.13. The van der Waals surface area contributed by atoms with Crippen LogP contribution in [0.15, 0.2) is 41.4 Å². The Bertz CT molecular complexity index is 812. The van der Waals surface area contributed by atoms with Crippen LogP contribution in [0, 0.1) is 0 Å². The van der Waals surface area contributed by atoms with Crippen molar-refractivity contribution in [2.45, 2.75) is 0 Å². The van der Waals surface area contributed by atoms with E-state index >= 15 is 0 Å². The molecule has 1 aliphatic heterocycles. The fourth-order valence-electron chi connectivity index (χ4n) is 2.60. The van der Waals surface area contributed by atoms with Crippen LogP contribution >= 0.6 is 23.2 Å². The molecule has 0 aliphatic carbocycles. The summed E-state index contributed by atoms with van der Waals surface area (Å²) in [5.41, 5.74) is 14.4. The van der Waals surface area contributed by atoms with Crippen LogP contribution in [0.1, 0.15) is 15.9 Å². The van der Waals surface area contributed by atoms with Crippen molar-refractivity contribution in [3.63, 3.8) is 0 Å². The summed E-state index contributed by atoms with van der Waals surface area (Å²) in [5, 5.41) is 0.712. The van der Waals surface area contributed by atoms with Crippen LogP contribution < -0.4 is 11.5 Å². The minimum Gasteiger partial charge on any atom is -0.396 e. The number of nitrogens with zero attached hydrogens (tertiary/aromatic N) is 2. The van der Waals surface area contributed by atoms with E-state index in [1.165, 1.54) is 0 Å². The maximum Gasteiger partial charge on any atom is 0.256 e. The number of para-hydroxylation sites is 1. The number of hydrogen-bond acceptors (Lipinski definition) is 4. The quantitative estimate of drug-likeness (QED) is 0.822. The highest BCUT2D eigenvalue weighted by Crippen LogP contribution is 2.31. The fraction of sp³-hybridized carbons (Fsp3) is 0.176. The minimum absolute atomic E-state index is 0.0950. The van der Waals surface area contributed by atoms with Crippen molar-refractivity contribution in [1.29, 1.82) is 0 Å². The number of nitrogen functional groups attached to an aromatic ring is 1. The summed E-state index contributed by atoms with van der Waals surface area (Å²) < 4.78 is 0. The van der Waals surface area contributed by atoms with Crippen LogP contribution in [0.5, 0.6) is 0 Å². The van der Waals surface area contributed by atoms with E-state index in [1.807, 2.05) is 12.1 Å². The summed E-state index contributed by atoms with van der Waals surface area (Å²) in [5.74, 6) is -0.0950. The molecule has 0 saturated heterocycles. The molecule has 0 fully saturated rings. The molecule has 124 valence electrons. The Labute approximate surface area is 149 Å². The molecule has 2 aromatic carbocycles. The Hall–Kier alpha value is -2.08. The molecule has 0 atom stereocenters. The van der Waals surface area contributed by atoms with Gasteiger partial charge in [0, 0.05) is 18.7 Å². The molecule has 7 heteroatoms. The van der Waals surface area contributed by atoms with Gasteiger partial charge in [0.15, 0.2) is 0 Å². The first-order chi connectivity index (χ1) is 11.5. The average molecular weight is 363 g/mol. The second kappa shape index (κ2) is 6.81. The smallest absolute Gasteiger partial charge is 0.256 e. The minimum atomic E-state index is -0.0950. The molecular weight excluding hydrogens is 347 g/mol. The zero-order chi connectivity index (χ0) is 17.3. The number of amides is 1. The molecule has 1 aliphatic rings. The molecule has 0 aromatic heterocycles. The SMILES string of the molecule is NCCN1CC(c2cc(Cl)c(N)c(Cl)c2)=Nc2ccccc2C1=O. The van der Waals surface area contributed by atoms with Crippen LogP contribution in [0.4, 0.5) is 11.4 Å². The first-order valence-corrected chi connectivity index (χ1v) is 8.17. The normalized spacial score (nSPS) is 14.2. The van der Waals surface area contributed by atoms with Crippen molar-refractivity contribution in [3.8, 4) is 0 Å². The van der Waals surface area contributed by atoms with Crippen LogP contribution in [0.25, 0.3) is 0 Å². The number of fused-ring (bicyclic) bond motifs is 1.